The van der Waals surface area contributed by atoms with Crippen LogP contribution in [-0.4, -0.2) is 47.3 Å². The molecule has 1 fully saturated rings. The fourth-order valence-corrected chi connectivity index (χ4v) is 1.85. The molecule has 1 amide bonds. The van der Waals surface area contributed by atoms with Gasteiger partial charge in [-0.1, -0.05) is 0 Å². The summed E-state index contributed by atoms with van der Waals surface area (Å²) in [4.78, 5) is 13.8. The molecule has 17 heavy (non-hydrogen) atoms. The second kappa shape index (κ2) is 5.05. The van der Waals surface area contributed by atoms with Gasteiger partial charge in [0.1, 0.15) is 11.5 Å². The van der Waals surface area contributed by atoms with Crippen molar-refractivity contribution in [1.82, 2.24) is 4.90 Å². The molecule has 0 aliphatic carbocycles. The van der Waals surface area contributed by atoms with E-state index >= 15 is 0 Å². The molecule has 0 atom stereocenters. The molecular weight excluding hydrogens is 222 g/mol. The Labute approximate surface area is 99.2 Å². The van der Waals surface area contributed by atoms with E-state index < -0.39 is 0 Å². The normalized spacial score (nSPS) is 16.6. The summed E-state index contributed by atoms with van der Waals surface area (Å²) in [7, 11) is 0. The number of ether oxygens (including phenoxy) is 1. The van der Waals surface area contributed by atoms with Crippen molar-refractivity contribution < 1.29 is 19.7 Å². The first-order valence-corrected chi connectivity index (χ1v) is 5.57. The Kier molecular flexibility index (Phi) is 3.49. The monoisotopic (exact) mass is 237 g/mol. The van der Waals surface area contributed by atoms with Gasteiger partial charge in [-0.2, -0.15) is 0 Å². The lowest BCUT2D eigenvalue weighted by Crippen LogP contribution is -2.33. The predicted octanol–water partition coefficient (Wildman–Crippen LogP) is 0.960. The highest BCUT2D eigenvalue weighted by Crippen LogP contribution is 2.21. The first-order valence-electron chi connectivity index (χ1n) is 5.57. The van der Waals surface area contributed by atoms with Crippen LogP contribution in [0.4, 0.5) is 0 Å². The highest BCUT2D eigenvalue weighted by molar-refractivity contribution is 5.95. The summed E-state index contributed by atoms with van der Waals surface area (Å²) in [5.41, 5.74) is 0.296. The first-order chi connectivity index (χ1) is 8.16. The molecule has 1 aliphatic rings. The number of rotatable bonds is 1. The third-order valence-corrected chi connectivity index (χ3v) is 2.66. The maximum Gasteiger partial charge on any atom is 0.254 e. The van der Waals surface area contributed by atoms with Crippen molar-refractivity contribution in [2.45, 2.75) is 6.42 Å². The molecule has 1 aromatic rings. The van der Waals surface area contributed by atoms with Gasteiger partial charge in [-0.05, 0) is 18.6 Å². The molecule has 5 nitrogen and oxygen atoms in total. The van der Waals surface area contributed by atoms with Crippen molar-refractivity contribution in [2.75, 3.05) is 26.3 Å². The molecule has 5 heteroatoms. The van der Waals surface area contributed by atoms with E-state index in [0.717, 1.165) is 6.42 Å². The van der Waals surface area contributed by atoms with Crippen LogP contribution in [0.5, 0.6) is 11.5 Å². The van der Waals surface area contributed by atoms with Gasteiger partial charge >= 0.3 is 0 Å². The Morgan fingerprint density at radius 1 is 1.12 bits per heavy atom. The second-order valence-corrected chi connectivity index (χ2v) is 4.00. The minimum atomic E-state index is -0.193. The quantitative estimate of drug-likeness (QED) is 0.763. The summed E-state index contributed by atoms with van der Waals surface area (Å²) in [6.45, 7) is 2.36. The molecule has 2 N–H and O–H groups in total. The third kappa shape index (κ3) is 2.88. The van der Waals surface area contributed by atoms with E-state index in [1.54, 1.807) is 4.90 Å². The van der Waals surface area contributed by atoms with Gasteiger partial charge in [-0.3, -0.25) is 4.79 Å². The number of carbonyl (C=O) groups is 1. The molecule has 0 aromatic heterocycles. The van der Waals surface area contributed by atoms with Crippen LogP contribution in [0.2, 0.25) is 0 Å². The summed E-state index contributed by atoms with van der Waals surface area (Å²) < 4.78 is 5.27. The molecule has 0 unspecified atom stereocenters. The van der Waals surface area contributed by atoms with Gasteiger partial charge in [0, 0.05) is 31.3 Å². The number of hydrogen-bond acceptors (Lipinski definition) is 4. The van der Waals surface area contributed by atoms with Crippen LogP contribution in [0.3, 0.4) is 0 Å². The van der Waals surface area contributed by atoms with E-state index in [2.05, 4.69) is 0 Å². The van der Waals surface area contributed by atoms with Crippen LogP contribution in [0.25, 0.3) is 0 Å². The van der Waals surface area contributed by atoms with Crippen molar-refractivity contribution >= 4 is 5.91 Å². The lowest BCUT2D eigenvalue weighted by atomic mass is 10.1. The zero-order valence-electron chi connectivity index (χ0n) is 9.43. The molecular formula is C12H15NO4. The lowest BCUT2D eigenvalue weighted by Gasteiger charge is -2.19. The maximum absolute atomic E-state index is 12.1. The van der Waals surface area contributed by atoms with E-state index in [0.29, 0.717) is 31.9 Å². The van der Waals surface area contributed by atoms with Crippen LogP contribution < -0.4 is 0 Å². The van der Waals surface area contributed by atoms with E-state index in [1.165, 1.54) is 18.2 Å². The zero-order chi connectivity index (χ0) is 12.3. The summed E-state index contributed by atoms with van der Waals surface area (Å²) in [6, 6.07) is 3.91. The Bertz CT molecular complexity index is 391. The third-order valence-electron chi connectivity index (χ3n) is 2.66. The Morgan fingerprint density at radius 2 is 1.82 bits per heavy atom. The van der Waals surface area contributed by atoms with Crippen molar-refractivity contribution in [3.8, 4) is 11.5 Å². The van der Waals surface area contributed by atoms with Gasteiger partial charge < -0.3 is 19.8 Å². The number of benzene rings is 1. The highest BCUT2D eigenvalue weighted by Gasteiger charge is 2.18. The van der Waals surface area contributed by atoms with Crippen LogP contribution in [0.1, 0.15) is 16.8 Å². The van der Waals surface area contributed by atoms with E-state index in [-0.39, 0.29) is 17.4 Å². The largest absolute Gasteiger partial charge is 0.508 e. The van der Waals surface area contributed by atoms with E-state index in [1.807, 2.05) is 0 Å². The fraction of sp³-hybridized carbons (Fsp3) is 0.417. The number of phenols is 2. The van der Waals surface area contributed by atoms with Crippen LogP contribution in [0.15, 0.2) is 18.2 Å². The average Bonchev–Trinajstić information content (AvgIpc) is 2.55. The smallest absolute Gasteiger partial charge is 0.254 e. The minimum absolute atomic E-state index is 0.112. The van der Waals surface area contributed by atoms with Gasteiger partial charge in [-0.25, -0.2) is 0 Å². The van der Waals surface area contributed by atoms with Crippen molar-refractivity contribution in [2.24, 2.45) is 0 Å². The molecule has 0 saturated carbocycles. The van der Waals surface area contributed by atoms with Crippen LogP contribution >= 0.6 is 0 Å². The molecule has 0 radical (unpaired) electrons. The lowest BCUT2D eigenvalue weighted by molar-refractivity contribution is 0.0740. The van der Waals surface area contributed by atoms with Crippen molar-refractivity contribution in [1.29, 1.82) is 0 Å². The van der Waals surface area contributed by atoms with E-state index in [9.17, 15) is 15.0 Å². The molecule has 92 valence electrons. The molecule has 1 saturated heterocycles. The van der Waals surface area contributed by atoms with Crippen LogP contribution in [-0.2, 0) is 4.74 Å². The molecule has 2 rings (SSSR count). The van der Waals surface area contributed by atoms with Gasteiger partial charge in [0.25, 0.3) is 5.91 Å². The number of aromatic hydroxyl groups is 2. The highest BCUT2D eigenvalue weighted by atomic mass is 16.5. The fourth-order valence-electron chi connectivity index (χ4n) is 1.85. The van der Waals surface area contributed by atoms with Gasteiger partial charge in [-0.15, -0.1) is 0 Å². The van der Waals surface area contributed by atoms with Crippen molar-refractivity contribution in [3.05, 3.63) is 23.8 Å². The predicted molar refractivity (Wildman–Crippen MR) is 61.1 cm³/mol. The van der Waals surface area contributed by atoms with Gasteiger partial charge in [0.05, 0.1) is 6.61 Å². The second-order valence-electron chi connectivity index (χ2n) is 4.00. The molecule has 1 aliphatic heterocycles. The standard InChI is InChI=1S/C12H15NO4/c14-10-6-9(7-11(15)8-10)12(16)13-2-1-4-17-5-3-13/h6-8,14-15H,1-5H2. The summed E-state index contributed by atoms with van der Waals surface area (Å²) in [5, 5.41) is 18.7. The maximum atomic E-state index is 12.1. The Morgan fingerprint density at radius 3 is 2.53 bits per heavy atom. The summed E-state index contributed by atoms with van der Waals surface area (Å²) >= 11 is 0. The number of nitrogens with zero attached hydrogens (tertiary/aromatic N) is 1. The molecule has 1 aromatic carbocycles. The minimum Gasteiger partial charge on any atom is -0.508 e. The zero-order valence-corrected chi connectivity index (χ0v) is 9.43. The van der Waals surface area contributed by atoms with Gasteiger partial charge in [0.15, 0.2) is 0 Å². The van der Waals surface area contributed by atoms with Gasteiger partial charge in [0.2, 0.25) is 0 Å². The average molecular weight is 237 g/mol. The SMILES string of the molecule is O=C(c1cc(O)cc(O)c1)N1CCCOCC1. The van der Waals surface area contributed by atoms with E-state index in [4.69, 9.17) is 4.74 Å². The number of carbonyl (C=O) groups excluding carboxylic acids is 1. The molecule has 1 heterocycles. The number of phenolic OH excluding ortho intramolecular Hbond substituents is 2. The number of amides is 1. The summed E-state index contributed by atoms with van der Waals surface area (Å²) in [6.07, 6.45) is 0.802. The Hall–Kier alpha value is -1.75. The number of hydrogen-bond donors (Lipinski definition) is 2. The molecule has 0 spiro atoms. The Balaban J connectivity index is 2.17. The first kappa shape index (κ1) is 11.7. The topological polar surface area (TPSA) is 70.0 Å². The molecule has 0 bridgehead atoms. The van der Waals surface area contributed by atoms with Crippen molar-refractivity contribution in [3.63, 3.8) is 0 Å². The van der Waals surface area contributed by atoms with Crippen LogP contribution in [0, 0.1) is 0 Å². The summed E-state index contributed by atoms with van der Waals surface area (Å²) in [5.74, 6) is -0.416.